The van der Waals surface area contributed by atoms with Gasteiger partial charge in [0.25, 0.3) is 5.56 Å². The average molecular weight is 511 g/mol. The average Bonchev–Trinajstić information content (AvgIpc) is 2.81. The van der Waals surface area contributed by atoms with E-state index in [4.69, 9.17) is 16.6 Å². The van der Waals surface area contributed by atoms with Crippen LogP contribution >= 0.6 is 11.6 Å². The molecule has 36 heavy (non-hydrogen) atoms. The van der Waals surface area contributed by atoms with Gasteiger partial charge in [0.05, 0.1) is 22.6 Å². The number of rotatable bonds is 5. The van der Waals surface area contributed by atoms with Crippen molar-refractivity contribution in [3.05, 3.63) is 62.7 Å². The number of carboxylic acid groups (broad SMARTS) is 1. The number of pyridine rings is 1. The van der Waals surface area contributed by atoms with Crippen LogP contribution in [-0.2, 0) is 12.5 Å². The minimum Gasteiger partial charge on any atom is -0.476 e. The molecule has 2 aromatic heterocycles. The quantitative estimate of drug-likeness (QED) is 0.442. The highest BCUT2D eigenvalue weighted by Gasteiger charge is 2.53. The third-order valence-electron chi connectivity index (χ3n) is 8.59. The second-order valence-electron chi connectivity index (χ2n) is 11.1. The molecular formula is C27H28ClFN4O3. The summed E-state index contributed by atoms with van der Waals surface area (Å²) in [6, 6.07) is 5.10. The number of anilines is 1. The fourth-order valence-corrected chi connectivity index (χ4v) is 7.73. The van der Waals surface area contributed by atoms with Crippen molar-refractivity contribution in [2.45, 2.75) is 56.9 Å². The van der Waals surface area contributed by atoms with Crippen molar-refractivity contribution in [1.82, 2.24) is 14.5 Å². The van der Waals surface area contributed by atoms with Crippen LogP contribution in [0.2, 0.25) is 5.15 Å². The van der Waals surface area contributed by atoms with Gasteiger partial charge in [-0.1, -0.05) is 11.6 Å². The van der Waals surface area contributed by atoms with E-state index in [1.807, 2.05) is 0 Å². The molecule has 7 nitrogen and oxygen atoms in total. The zero-order valence-corrected chi connectivity index (χ0v) is 21.0. The number of carbonyl (C=O) groups is 1. The number of aromatic carboxylic acids is 1. The van der Waals surface area contributed by atoms with Crippen LogP contribution in [0.25, 0.3) is 10.9 Å². The molecule has 2 N–H and O–H groups in total. The lowest BCUT2D eigenvalue weighted by Crippen LogP contribution is -2.51. The highest BCUT2D eigenvalue weighted by atomic mass is 35.5. The van der Waals surface area contributed by atoms with E-state index in [2.05, 4.69) is 10.3 Å². The lowest BCUT2D eigenvalue weighted by molar-refractivity contribution is -0.0110. The van der Waals surface area contributed by atoms with Crippen LogP contribution < -0.4 is 10.9 Å². The van der Waals surface area contributed by atoms with Crippen molar-refractivity contribution >= 4 is 34.2 Å². The van der Waals surface area contributed by atoms with Gasteiger partial charge in [0.1, 0.15) is 16.8 Å². The summed E-state index contributed by atoms with van der Waals surface area (Å²) in [5, 5.41) is 13.0. The largest absolute Gasteiger partial charge is 0.476 e. The Morgan fingerprint density at radius 1 is 1.17 bits per heavy atom. The van der Waals surface area contributed by atoms with E-state index in [1.165, 1.54) is 43.5 Å². The number of benzene rings is 1. The van der Waals surface area contributed by atoms with Gasteiger partial charge in [0.15, 0.2) is 5.69 Å². The van der Waals surface area contributed by atoms with Gasteiger partial charge in [-0.3, -0.25) is 9.36 Å². The number of carboxylic acids is 1. The molecule has 0 aliphatic heterocycles. The fourth-order valence-electron chi connectivity index (χ4n) is 7.58. The van der Waals surface area contributed by atoms with Gasteiger partial charge in [-0.25, -0.2) is 19.2 Å². The monoisotopic (exact) mass is 510 g/mol. The molecule has 0 saturated heterocycles. The van der Waals surface area contributed by atoms with Gasteiger partial charge in [-0.05, 0) is 87.5 Å². The third-order valence-corrected chi connectivity index (χ3v) is 8.80. The van der Waals surface area contributed by atoms with E-state index in [9.17, 15) is 19.1 Å². The highest BCUT2D eigenvalue weighted by molar-refractivity contribution is 6.29. The Hall–Kier alpha value is -3.00. The van der Waals surface area contributed by atoms with Crippen LogP contribution in [0.15, 0.2) is 29.1 Å². The van der Waals surface area contributed by atoms with Crippen LogP contribution in [-0.4, -0.2) is 25.6 Å². The predicted octanol–water partition coefficient (Wildman–Crippen LogP) is 5.46. The molecule has 4 fully saturated rings. The molecule has 4 aliphatic rings. The molecule has 4 saturated carbocycles. The summed E-state index contributed by atoms with van der Waals surface area (Å²) < 4.78 is 16.4. The second kappa shape index (κ2) is 8.26. The van der Waals surface area contributed by atoms with Gasteiger partial charge in [-0.2, -0.15) is 0 Å². The van der Waals surface area contributed by atoms with E-state index in [0.717, 1.165) is 25.1 Å². The Morgan fingerprint density at radius 2 is 1.81 bits per heavy atom. The number of hydrogen-bond donors (Lipinski definition) is 2. The molecule has 4 aliphatic carbocycles. The van der Waals surface area contributed by atoms with Crippen LogP contribution in [0.1, 0.15) is 73.4 Å². The van der Waals surface area contributed by atoms with Crippen molar-refractivity contribution in [1.29, 1.82) is 0 Å². The normalized spacial score (nSPS) is 27.4. The van der Waals surface area contributed by atoms with E-state index in [-0.39, 0.29) is 32.9 Å². The van der Waals surface area contributed by atoms with Crippen molar-refractivity contribution < 1.29 is 14.3 Å². The van der Waals surface area contributed by atoms with Crippen LogP contribution in [0.3, 0.4) is 0 Å². The van der Waals surface area contributed by atoms with Crippen LogP contribution in [0.5, 0.6) is 0 Å². The second-order valence-corrected chi connectivity index (χ2v) is 11.5. The van der Waals surface area contributed by atoms with Crippen LogP contribution in [0.4, 0.5) is 10.1 Å². The highest BCUT2D eigenvalue weighted by Crippen LogP contribution is 2.60. The van der Waals surface area contributed by atoms with E-state index < -0.39 is 17.8 Å². The lowest BCUT2D eigenvalue weighted by Gasteiger charge is -2.56. The van der Waals surface area contributed by atoms with Crippen LogP contribution in [0, 0.1) is 23.6 Å². The maximum absolute atomic E-state index is 14.8. The number of nitrogens with one attached hydrogen (secondary N) is 1. The Kier molecular flexibility index (Phi) is 5.37. The molecular weight excluding hydrogens is 483 g/mol. The smallest absolute Gasteiger partial charge is 0.356 e. The molecule has 2 heterocycles. The van der Waals surface area contributed by atoms with Gasteiger partial charge in [-0.15, -0.1) is 0 Å². The summed E-state index contributed by atoms with van der Waals surface area (Å²) in [6.07, 6.45) is 6.98. The number of aromatic nitrogens is 3. The first kappa shape index (κ1) is 23.4. The van der Waals surface area contributed by atoms with Gasteiger partial charge in [0.2, 0.25) is 0 Å². The first-order valence-corrected chi connectivity index (χ1v) is 12.9. The molecule has 0 amide bonds. The Balaban J connectivity index is 1.48. The van der Waals surface area contributed by atoms with Crippen molar-refractivity contribution in [3.63, 3.8) is 0 Å². The lowest BCUT2D eigenvalue weighted by atomic mass is 9.49. The first-order chi connectivity index (χ1) is 17.1. The maximum Gasteiger partial charge on any atom is 0.356 e. The SMILES string of the molecule is C[C@@H](Nc1ccc(Cl)nc1C(=O)O)c1cc(F)cc2c(=O)n(C)c(C34CC5CC(CC(C5)C3)C4)nc12. The summed E-state index contributed by atoms with van der Waals surface area (Å²) in [4.78, 5) is 34.3. The summed E-state index contributed by atoms with van der Waals surface area (Å²) in [5.74, 6) is 1.09. The van der Waals surface area contributed by atoms with E-state index >= 15 is 0 Å². The predicted molar refractivity (Wildman–Crippen MR) is 135 cm³/mol. The molecule has 0 spiro atoms. The van der Waals surface area contributed by atoms with Crippen molar-refractivity contribution in [2.24, 2.45) is 24.8 Å². The third kappa shape index (κ3) is 3.69. The molecule has 1 atom stereocenters. The number of nitrogens with zero attached hydrogens (tertiary/aromatic N) is 3. The van der Waals surface area contributed by atoms with Gasteiger partial charge >= 0.3 is 5.97 Å². The molecule has 3 aromatic rings. The number of halogens is 2. The molecule has 7 rings (SSSR count). The van der Waals surface area contributed by atoms with E-state index in [1.54, 1.807) is 18.5 Å². The topological polar surface area (TPSA) is 97.1 Å². The van der Waals surface area contributed by atoms with Gasteiger partial charge in [0, 0.05) is 18.0 Å². The summed E-state index contributed by atoms with van der Waals surface area (Å²) in [5.41, 5.74) is 0.618. The summed E-state index contributed by atoms with van der Waals surface area (Å²) >= 11 is 5.89. The maximum atomic E-state index is 14.8. The Labute approximate surface area is 212 Å². The Morgan fingerprint density at radius 3 is 2.42 bits per heavy atom. The zero-order valence-electron chi connectivity index (χ0n) is 20.2. The molecule has 188 valence electrons. The molecule has 9 heteroatoms. The van der Waals surface area contributed by atoms with E-state index in [0.29, 0.717) is 28.8 Å². The fraction of sp³-hybridized carbons (Fsp3) is 0.481. The van der Waals surface area contributed by atoms with Crippen molar-refractivity contribution in [2.75, 3.05) is 5.32 Å². The minimum absolute atomic E-state index is 0.0622. The minimum atomic E-state index is -1.23. The summed E-state index contributed by atoms with van der Waals surface area (Å²) in [6.45, 7) is 1.79. The molecule has 1 aromatic carbocycles. The molecule has 0 radical (unpaired) electrons. The number of hydrogen-bond acceptors (Lipinski definition) is 5. The van der Waals surface area contributed by atoms with Gasteiger partial charge < -0.3 is 10.4 Å². The molecule has 0 unspecified atom stereocenters. The first-order valence-electron chi connectivity index (χ1n) is 12.5. The summed E-state index contributed by atoms with van der Waals surface area (Å²) in [7, 11) is 1.76. The Bertz CT molecular complexity index is 1430. The van der Waals surface area contributed by atoms with Crippen molar-refractivity contribution in [3.8, 4) is 0 Å². The molecule has 4 bridgehead atoms. The standard InChI is InChI=1S/C27H28ClFN4O3/c1-13(30-20-3-4-21(28)31-23(20)25(35)36)18-8-17(29)9-19-22(18)32-26(33(2)24(19)34)27-10-14-5-15(11-27)7-16(6-14)12-27/h3-4,8-9,13-16,30H,5-7,10-12H2,1-2H3,(H,35,36)/t13-,14?,15?,16?,27?/m1/s1. The zero-order chi connectivity index (χ0) is 25.4. The number of fused-ring (bicyclic) bond motifs is 1.